The number of hydrogen-bond acceptors (Lipinski definition) is 6. The molecule has 1 fully saturated rings. The number of thiazole rings is 1. The van der Waals surface area contributed by atoms with Gasteiger partial charge in [0.1, 0.15) is 0 Å². The standard InChI is InChI=1S/C17H23N5O2S3/c1-2-11-27(23,24)19-13-7-9-20(10-8-13)12-21-17(25)22-14-5-3-4-6-15(14)26-16(22)18-21/h3-6,13,19H,2,7-12H2,1H3. The first-order chi connectivity index (χ1) is 13.0. The van der Waals surface area contributed by atoms with Crippen LogP contribution in [0.4, 0.5) is 0 Å². The Bertz CT molecular complexity index is 1110. The molecule has 0 unspecified atom stereocenters. The summed E-state index contributed by atoms with van der Waals surface area (Å²) in [5.41, 5.74) is 1.10. The van der Waals surface area contributed by atoms with Gasteiger partial charge in [-0.05, 0) is 43.6 Å². The van der Waals surface area contributed by atoms with E-state index in [4.69, 9.17) is 12.2 Å². The lowest BCUT2D eigenvalue weighted by Gasteiger charge is -2.31. The molecule has 0 amide bonds. The number of likely N-dealkylation sites (tertiary alicyclic amines) is 1. The smallest absolute Gasteiger partial charge is 0.216 e. The quantitative estimate of drug-likeness (QED) is 0.615. The van der Waals surface area contributed by atoms with E-state index in [9.17, 15) is 8.42 Å². The Hall–Kier alpha value is -1.33. The lowest BCUT2D eigenvalue weighted by Crippen LogP contribution is -2.45. The van der Waals surface area contributed by atoms with Gasteiger partial charge in [0.25, 0.3) is 0 Å². The Morgan fingerprint density at radius 1 is 1.30 bits per heavy atom. The monoisotopic (exact) mass is 425 g/mol. The summed E-state index contributed by atoms with van der Waals surface area (Å²) in [7, 11) is -3.15. The highest BCUT2D eigenvalue weighted by atomic mass is 32.2. The summed E-state index contributed by atoms with van der Waals surface area (Å²) < 4.78 is 32.5. The van der Waals surface area contributed by atoms with Crippen molar-refractivity contribution in [3.8, 4) is 0 Å². The van der Waals surface area contributed by atoms with Crippen LogP contribution in [-0.4, -0.2) is 52.4 Å². The van der Waals surface area contributed by atoms with Crippen molar-refractivity contribution in [2.24, 2.45) is 0 Å². The van der Waals surface area contributed by atoms with Crippen LogP contribution >= 0.6 is 23.6 Å². The van der Waals surface area contributed by atoms with Gasteiger partial charge in [-0.1, -0.05) is 30.4 Å². The van der Waals surface area contributed by atoms with E-state index in [-0.39, 0.29) is 11.8 Å². The molecule has 1 saturated heterocycles. The molecule has 0 radical (unpaired) electrons. The van der Waals surface area contributed by atoms with Crippen molar-refractivity contribution >= 4 is 48.8 Å². The Labute approximate surface area is 167 Å². The SMILES string of the molecule is CCCS(=O)(=O)NC1CCN(Cn2nc3sc4ccccc4n3c2=S)CC1. The van der Waals surface area contributed by atoms with Crippen molar-refractivity contribution in [2.45, 2.75) is 38.9 Å². The molecule has 3 heterocycles. The zero-order valence-electron chi connectivity index (χ0n) is 15.2. The fourth-order valence-corrected chi connectivity index (χ4v) is 6.30. The molecule has 0 aliphatic carbocycles. The maximum Gasteiger partial charge on any atom is 0.216 e. The predicted molar refractivity (Wildman–Crippen MR) is 111 cm³/mol. The summed E-state index contributed by atoms with van der Waals surface area (Å²) in [6.45, 7) is 4.17. The molecule has 0 spiro atoms. The van der Waals surface area contributed by atoms with Crippen LogP contribution in [0.25, 0.3) is 15.2 Å². The molecule has 1 aromatic carbocycles. The molecule has 10 heteroatoms. The molecule has 27 heavy (non-hydrogen) atoms. The molecule has 0 atom stereocenters. The fraction of sp³-hybridized carbons (Fsp3) is 0.529. The Morgan fingerprint density at radius 3 is 2.78 bits per heavy atom. The zero-order valence-corrected chi connectivity index (χ0v) is 17.6. The number of benzene rings is 1. The lowest BCUT2D eigenvalue weighted by atomic mass is 10.1. The summed E-state index contributed by atoms with van der Waals surface area (Å²) in [6.07, 6.45) is 2.25. The maximum absolute atomic E-state index is 11.9. The van der Waals surface area contributed by atoms with Crippen LogP contribution in [0, 0.1) is 4.77 Å². The molecule has 2 aromatic heterocycles. The molecular formula is C17H23N5O2S3. The normalized spacial score (nSPS) is 17.2. The van der Waals surface area contributed by atoms with Gasteiger partial charge in [-0.15, -0.1) is 5.10 Å². The summed E-state index contributed by atoms with van der Waals surface area (Å²) in [5.74, 6) is 0.196. The molecular weight excluding hydrogens is 402 g/mol. The average Bonchev–Trinajstić information content (AvgIpc) is 3.13. The third-order valence-electron chi connectivity index (χ3n) is 4.86. The van der Waals surface area contributed by atoms with Gasteiger partial charge >= 0.3 is 0 Å². The number of hydrogen-bond donors (Lipinski definition) is 1. The van der Waals surface area contributed by atoms with Gasteiger partial charge in [0.2, 0.25) is 19.8 Å². The summed E-state index contributed by atoms with van der Waals surface area (Å²) in [5, 5.41) is 4.69. The lowest BCUT2D eigenvalue weighted by molar-refractivity contribution is 0.157. The molecule has 146 valence electrons. The largest absolute Gasteiger partial charge is 0.284 e. The Morgan fingerprint density at radius 2 is 2.04 bits per heavy atom. The van der Waals surface area contributed by atoms with Crippen molar-refractivity contribution in [1.82, 2.24) is 23.8 Å². The first kappa shape index (κ1) is 19.0. The molecule has 7 nitrogen and oxygen atoms in total. The van der Waals surface area contributed by atoms with E-state index in [0.29, 0.717) is 17.9 Å². The molecule has 4 rings (SSSR count). The molecule has 1 N–H and O–H groups in total. The minimum atomic E-state index is -3.15. The van der Waals surface area contributed by atoms with Gasteiger partial charge in [-0.3, -0.25) is 9.30 Å². The fourth-order valence-electron chi connectivity index (χ4n) is 3.54. The van der Waals surface area contributed by atoms with Crippen LogP contribution in [0.5, 0.6) is 0 Å². The van der Waals surface area contributed by atoms with E-state index in [2.05, 4.69) is 26.9 Å². The van der Waals surface area contributed by atoms with Crippen molar-refractivity contribution in [2.75, 3.05) is 18.8 Å². The highest BCUT2D eigenvalue weighted by molar-refractivity contribution is 7.89. The highest BCUT2D eigenvalue weighted by Crippen LogP contribution is 2.26. The van der Waals surface area contributed by atoms with Crippen molar-refractivity contribution in [3.05, 3.63) is 29.0 Å². The Balaban J connectivity index is 1.44. The second kappa shape index (κ2) is 7.59. The van der Waals surface area contributed by atoms with E-state index in [1.807, 2.05) is 28.1 Å². The van der Waals surface area contributed by atoms with Crippen molar-refractivity contribution < 1.29 is 8.42 Å². The zero-order chi connectivity index (χ0) is 19.0. The minimum Gasteiger partial charge on any atom is -0.284 e. The number of para-hydroxylation sites is 1. The highest BCUT2D eigenvalue weighted by Gasteiger charge is 2.24. The summed E-state index contributed by atoms with van der Waals surface area (Å²) in [4.78, 5) is 3.18. The van der Waals surface area contributed by atoms with E-state index < -0.39 is 10.0 Å². The number of rotatable bonds is 6. The average molecular weight is 426 g/mol. The summed E-state index contributed by atoms with van der Waals surface area (Å²) in [6, 6.07) is 8.21. The minimum absolute atomic E-state index is 0.0280. The van der Waals surface area contributed by atoms with Gasteiger partial charge in [0, 0.05) is 19.1 Å². The van der Waals surface area contributed by atoms with E-state index in [0.717, 1.165) is 36.4 Å². The number of sulfonamides is 1. The number of nitrogens with zero attached hydrogens (tertiary/aromatic N) is 4. The van der Waals surface area contributed by atoms with Gasteiger partial charge in [-0.2, -0.15) is 0 Å². The molecule has 1 aliphatic heterocycles. The molecule has 1 aliphatic rings. The van der Waals surface area contributed by atoms with Crippen LogP contribution in [0.15, 0.2) is 24.3 Å². The van der Waals surface area contributed by atoms with Gasteiger partial charge < -0.3 is 0 Å². The number of aromatic nitrogens is 3. The first-order valence-corrected chi connectivity index (χ1v) is 12.0. The molecule has 0 bridgehead atoms. The first-order valence-electron chi connectivity index (χ1n) is 9.16. The van der Waals surface area contributed by atoms with Gasteiger partial charge in [0.05, 0.1) is 22.6 Å². The van der Waals surface area contributed by atoms with E-state index >= 15 is 0 Å². The summed E-state index contributed by atoms with van der Waals surface area (Å²) >= 11 is 7.29. The van der Waals surface area contributed by atoms with Crippen LogP contribution in [0.1, 0.15) is 26.2 Å². The number of piperidine rings is 1. The van der Waals surface area contributed by atoms with Gasteiger partial charge in [-0.25, -0.2) is 17.8 Å². The maximum atomic E-state index is 11.9. The van der Waals surface area contributed by atoms with Crippen molar-refractivity contribution in [1.29, 1.82) is 0 Å². The second-order valence-corrected chi connectivity index (χ2v) is 10.2. The molecule has 3 aromatic rings. The van der Waals surface area contributed by atoms with E-state index in [1.54, 1.807) is 11.3 Å². The molecule has 0 saturated carbocycles. The predicted octanol–water partition coefficient (Wildman–Crippen LogP) is 2.83. The van der Waals surface area contributed by atoms with E-state index in [1.165, 1.54) is 4.70 Å². The second-order valence-electron chi connectivity index (χ2n) is 6.94. The van der Waals surface area contributed by atoms with Crippen LogP contribution in [0.3, 0.4) is 0 Å². The number of fused-ring (bicyclic) bond motifs is 3. The topological polar surface area (TPSA) is 71.6 Å². The van der Waals surface area contributed by atoms with Crippen molar-refractivity contribution in [3.63, 3.8) is 0 Å². The van der Waals surface area contributed by atoms with Crippen LogP contribution in [0.2, 0.25) is 0 Å². The van der Waals surface area contributed by atoms with Crippen LogP contribution in [-0.2, 0) is 16.7 Å². The van der Waals surface area contributed by atoms with Crippen LogP contribution < -0.4 is 4.72 Å². The number of nitrogens with one attached hydrogen (secondary N) is 1. The third kappa shape index (κ3) is 3.95. The van der Waals surface area contributed by atoms with Gasteiger partial charge in [0.15, 0.2) is 0 Å². The Kier molecular flexibility index (Phi) is 5.34. The third-order valence-corrected chi connectivity index (χ3v) is 7.90.